The van der Waals surface area contributed by atoms with Crippen molar-refractivity contribution in [3.63, 3.8) is 0 Å². The summed E-state index contributed by atoms with van der Waals surface area (Å²) in [6, 6.07) is 7.51. The highest BCUT2D eigenvalue weighted by Crippen LogP contribution is 2.19. The van der Waals surface area contributed by atoms with Crippen molar-refractivity contribution in [2.24, 2.45) is 0 Å². The Morgan fingerprint density at radius 2 is 2.07 bits per heavy atom. The lowest BCUT2D eigenvalue weighted by molar-refractivity contribution is -0.118. The Bertz CT molecular complexity index is 1070. The molecule has 0 atom stereocenters. The van der Waals surface area contributed by atoms with Gasteiger partial charge in [-0.1, -0.05) is 32.4 Å². The zero-order valence-corrected chi connectivity index (χ0v) is 17.4. The SMILES string of the molecule is CCCCc1c(C)nc2nc(N(Cc3cccc(OC)c3)C(=O)CC)[nH]n2c1=O. The maximum atomic E-state index is 12.9. The topological polar surface area (TPSA) is 92.6 Å². The Morgan fingerprint density at radius 3 is 2.76 bits per heavy atom. The molecule has 3 rings (SSSR count). The highest BCUT2D eigenvalue weighted by Gasteiger charge is 2.21. The summed E-state index contributed by atoms with van der Waals surface area (Å²) in [5.41, 5.74) is 2.10. The Balaban J connectivity index is 2.02. The number of nitrogens with zero attached hydrogens (tertiary/aromatic N) is 4. The van der Waals surface area contributed by atoms with Crippen molar-refractivity contribution in [2.45, 2.75) is 53.0 Å². The first-order valence-corrected chi connectivity index (χ1v) is 9.90. The smallest absolute Gasteiger partial charge is 0.277 e. The second-order valence-corrected chi connectivity index (χ2v) is 6.95. The summed E-state index contributed by atoms with van der Waals surface area (Å²) in [5.74, 6) is 1.17. The number of hydrogen-bond donors (Lipinski definition) is 1. The largest absolute Gasteiger partial charge is 0.497 e. The van der Waals surface area contributed by atoms with E-state index in [9.17, 15) is 9.59 Å². The molecule has 0 aliphatic carbocycles. The van der Waals surface area contributed by atoms with Crippen molar-refractivity contribution >= 4 is 17.6 Å². The number of H-pyrrole nitrogens is 1. The Kier molecular flexibility index (Phi) is 6.31. The summed E-state index contributed by atoms with van der Waals surface area (Å²) in [6.45, 7) is 6.01. The van der Waals surface area contributed by atoms with Crippen LogP contribution in [0, 0.1) is 6.92 Å². The molecule has 0 fully saturated rings. The zero-order valence-electron chi connectivity index (χ0n) is 17.4. The van der Waals surface area contributed by atoms with Crippen LogP contribution in [0.15, 0.2) is 29.1 Å². The van der Waals surface area contributed by atoms with Gasteiger partial charge >= 0.3 is 0 Å². The molecule has 0 aliphatic rings. The van der Waals surface area contributed by atoms with Crippen molar-refractivity contribution in [3.8, 4) is 5.75 Å². The molecular formula is C21H27N5O3. The van der Waals surface area contributed by atoms with E-state index < -0.39 is 0 Å². The fraction of sp³-hybridized carbons (Fsp3) is 0.429. The normalized spacial score (nSPS) is 11.0. The number of aromatic amines is 1. The van der Waals surface area contributed by atoms with Gasteiger partial charge in [-0.15, -0.1) is 0 Å². The Hall–Kier alpha value is -3.16. The lowest BCUT2D eigenvalue weighted by Gasteiger charge is -2.19. The van der Waals surface area contributed by atoms with Gasteiger partial charge < -0.3 is 4.74 Å². The first-order valence-electron chi connectivity index (χ1n) is 9.90. The number of rotatable bonds is 8. The number of nitrogens with one attached hydrogen (secondary N) is 1. The van der Waals surface area contributed by atoms with Gasteiger partial charge in [0, 0.05) is 12.0 Å². The van der Waals surface area contributed by atoms with E-state index in [1.54, 1.807) is 14.0 Å². The molecule has 0 spiro atoms. The number of fused-ring (bicyclic) bond motifs is 1. The molecule has 8 nitrogen and oxygen atoms in total. The van der Waals surface area contributed by atoms with Gasteiger partial charge in [-0.2, -0.15) is 9.50 Å². The van der Waals surface area contributed by atoms with Crippen LogP contribution in [0.3, 0.4) is 0 Å². The van der Waals surface area contributed by atoms with Crippen LogP contribution in [0.5, 0.6) is 5.75 Å². The first kappa shape index (κ1) is 20.6. The number of hydrogen-bond acceptors (Lipinski definition) is 5. The summed E-state index contributed by atoms with van der Waals surface area (Å²) < 4.78 is 6.60. The molecule has 3 aromatic rings. The molecule has 154 valence electrons. The van der Waals surface area contributed by atoms with Gasteiger partial charge in [0.15, 0.2) is 0 Å². The number of carbonyl (C=O) groups is 1. The zero-order chi connectivity index (χ0) is 21.0. The van der Waals surface area contributed by atoms with E-state index in [2.05, 4.69) is 22.0 Å². The summed E-state index contributed by atoms with van der Waals surface area (Å²) in [5, 5.41) is 2.98. The van der Waals surface area contributed by atoms with Crippen molar-refractivity contribution in [1.29, 1.82) is 0 Å². The van der Waals surface area contributed by atoms with Crippen molar-refractivity contribution in [2.75, 3.05) is 12.0 Å². The third-order valence-electron chi connectivity index (χ3n) is 4.90. The number of methoxy groups -OCH3 is 1. The lowest BCUT2D eigenvalue weighted by atomic mass is 10.1. The molecule has 0 saturated carbocycles. The Labute approximate surface area is 169 Å². The number of aromatic nitrogens is 4. The molecular weight excluding hydrogens is 370 g/mol. The van der Waals surface area contributed by atoms with Gasteiger partial charge in [0.2, 0.25) is 11.9 Å². The number of aryl methyl sites for hydroxylation is 1. The highest BCUT2D eigenvalue weighted by molar-refractivity contribution is 5.91. The van der Waals surface area contributed by atoms with Crippen molar-refractivity contribution in [3.05, 3.63) is 51.4 Å². The van der Waals surface area contributed by atoms with Crippen LogP contribution in [-0.2, 0) is 17.8 Å². The standard InChI is InChI=1S/C21H27N5O3/c1-5-7-11-17-14(3)22-20-23-21(24-26(20)19(17)28)25(18(27)6-2)13-15-9-8-10-16(12-15)29-4/h8-10,12H,5-7,11,13H2,1-4H3,(H,22,23,24). The molecule has 0 bridgehead atoms. The number of amides is 1. The fourth-order valence-corrected chi connectivity index (χ4v) is 3.23. The number of benzene rings is 1. The molecule has 8 heteroatoms. The van der Waals surface area contributed by atoms with E-state index in [0.717, 1.165) is 18.4 Å². The van der Waals surface area contributed by atoms with Crippen molar-refractivity contribution in [1.82, 2.24) is 19.6 Å². The Morgan fingerprint density at radius 1 is 1.28 bits per heavy atom. The van der Waals surface area contributed by atoms with Crippen LogP contribution in [0.2, 0.25) is 0 Å². The van der Waals surface area contributed by atoms with Gasteiger partial charge in [0.1, 0.15) is 5.75 Å². The first-order chi connectivity index (χ1) is 14.0. The molecule has 0 saturated heterocycles. The van der Waals surface area contributed by atoms with Crippen molar-refractivity contribution < 1.29 is 9.53 Å². The van der Waals surface area contributed by atoms with Crippen LogP contribution >= 0.6 is 0 Å². The third-order valence-corrected chi connectivity index (χ3v) is 4.90. The summed E-state index contributed by atoms with van der Waals surface area (Å²) in [6.07, 6.45) is 2.90. The van der Waals surface area contributed by atoms with E-state index in [4.69, 9.17) is 4.74 Å². The van der Waals surface area contributed by atoms with Crippen LogP contribution < -0.4 is 15.2 Å². The minimum atomic E-state index is -0.162. The van der Waals surface area contributed by atoms with Gasteiger partial charge in [0.25, 0.3) is 11.3 Å². The third kappa shape index (κ3) is 4.31. The maximum absolute atomic E-state index is 12.9. The molecule has 1 amide bonds. The summed E-state index contributed by atoms with van der Waals surface area (Å²) >= 11 is 0. The molecule has 1 aromatic carbocycles. The fourth-order valence-electron chi connectivity index (χ4n) is 3.23. The number of unbranched alkanes of at least 4 members (excludes halogenated alkanes) is 1. The molecule has 2 aromatic heterocycles. The van der Waals surface area contributed by atoms with Crippen LogP contribution in [0.1, 0.15) is 49.9 Å². The van der Waals surface area contributed by atoms with Gasteiger partial charge in [0.05, 0.1) is 19.3 Å². The average molecular weight is 397 g/mol. The average Bonchev–Trinajstić information content (AvgIpc) is 3.15. The van der Waals surface area contributed by atoms with Gasteiger partial charge in [-0.05, 0) is 37.5 Å². The predicted molar refractivity (Wildman–Crippen MR) is 111 cm³/mol. The van der Waals surface area contributed by atoms with Gasteiger partial charge in [-0.25, -0.2) is 4.98 Å². The number of ether oxygens (including phenoxy) is 1. The van der Waals surface area contributed by atoms with Gasteiger partial charge in [-0.3, -0.25) is 19.6 Å². The van der Waals surface area contributed by atoms with E-state index in [1.165, 1.54) is 9.42 Å². The summed E-state index contributed by atoms with van der Waals surface area (Å²) in [4.78, 5) is 36.0. The molecule has 0 aliphatic heterocycles. The van der Waals surface area contributed by atoms with Crippen LogP contribution in [-0.4, -0.2) is 32.6 Å². The highest BCUT2D eigenvalue weighted by atomic mass is 16.5. The molecule has 0 unspecified atom stereocenters. The van der Waals surface area contributed by atoms with E-state index in [0.29, 0.717) is 42.3 Å². The maximum Gasteiger partial charge on any atom is 0.277 e. The number of anilines is 1. The minimum Gasteiger partial charge on any atom is -0.497 e. The van der Waals surface area contributed by atoms with E-state index >= 15 is 0 Å². The van der Waals surface area contributed by atoms with E-state index in [-0.39, 0.29) is 17.2 Å². The second-order valence-electron chi connectivity index (χ2n) is 6.95. The monoisotopic (exact) mass is 397 g/mol. The van der Waals surface area contributed by atoms with Crippen LogP contribution in [0.25, 0.3) is 5.78 Å². The van der Waals surface area contributed by atoms with E-state index in [1.807, 2.05) is 31.2 Å². The predicted octanol–water partition coefficient (Wildman–Crippen LogP) is 3.02. The lowest BCUT2D eigenvalue weighted by Crippen LogP contribution is -2.31. The summed E-state index contributed by atoms with van der Waals surface area (Å²) in [7, 11) is 1.60. The molecule has 0 radical (unpaired) electrons. The second kappa shape index (κ2) is 8.89. The quantitative estimate of drug-likeness (QED) is 0.631. The molecule has 29 heavy (non-hydrogen) atoms. The molecule has 2 heterocycles. The molecule has 1 N–H and O–H groups in total. The minimum absolute atomic E-state index is 0.108. The van der Waals surface area contributed by atoms with Crippen LogP contribution in [0.4, 0.5) is 5.95 Å². The number of carbonyl (C=O) groups excluding carboxylic acids is 1.